The highest BCUT2D eigenvalue weighted by Gasteiger charge is 2.42. The average molecular weight is 280 g/mol. The number of carboxylic acids is 1. The van der Waals surface area contributed by atoms with Gasteiger partial charge in [0, 0.05) is 32.3 Å². The molecule has 108 valence electrons. The van der Waals surface area contributed by atoms with E-state index in [1.54, 1.807) is 0 Å². The molecule has 1 aromatic heterocycles. The van der Waals surface area contributed by atoms with Gasteiger partial charge in [0.05, 0.1) is 18.9 Å². The van der Waals surface area contributed by atoms with Crippen molar-refractivity contribution in [2.24, 2.45) is 0 Å². The van der Waals surface area contributed by atoms with E-state index in [4.69, 9.17) is 9.47 Å². The first kappa shape index (κ1) is 14.3. The number of hydrogen-bond acceptors (Lipinski definition) is 5. The number of aromatic nitrogens is 1. The summed E-state index contributed by atoms with van der Waals surface area (Å²) >= 11 is 0. The van der Waals surface area contributed by atoms with Crippen LogP contribution in [0.4, 0.5) is 0 Å². The molecule has 0 aliphatic carbocycles. The molecule has 7 nitrogen and oxygen atoms in total. The molecular formula is C13H16N2O5. The van der Waals surface area contributed by atoms with Gasteiger partial charge in [-0.1, -0.05) is 0 Å². The Morgan fingerprint density at radius 1 is 1.45 bits per heavy atom. The van der Waals surface area contributed by atoms with Gasteiger partial charge in [-0.2, -0.15) is 0 Å². The summed E-state index contributed by atoms with van der Waals surface area (Å²) in [4.78, 5) is 27.6. The molecule has 20 heavy (non-hydrogen) atoms. The van der Waals surface area contributed by atoms with Gasteiger partial charge in [-0.05, 0) is 6.07 Å². The molecule has 1 saturated heterocycles. The first-order valence-electron chi connectivity index (χ1n) is 6.21. The highest BCUT2D eigenvalue weighted by atomic mass is 16.5. The minimum Gasteiger partial charge on any atom is -0.494 e. The van der Waals surface area contributed by atoms with E-state index in [9.17, 15) is 14.7 Å². The summed E-state index contributed by atoms with van der Waals surface area (Å²) in [6, 6.07) is 1.49. The van der Waals surface area contributed by atoms with Crippen LogP contribution in [0.1, 0.15) is 23.2 Å². The number of carbonyl (C=O) groups excluding carboxylic acids is 1. The van der Waals surface area contributed by atoms with Crippen LogP contribution in [-0.4, -0.2) is 47.8 Å². The second kappa shape index (κ2) is 5.87. The highest BCUT2D eigenvalue weighted by Crippen LogP contribution is 2.23. The summed E-state index contributed by atoms with van der Waals surface area (Å²) in [6.07, 6.45) is 3.34. The Balaban J connectivity index is 2.22. The van der Waals surface area contributed by atoms with Crippen LogP contribution in [0.5, 0.6) is 5.75 Å². The quantitative estimate of drug-likeness (QED) is 0.831. The first-order chi connectivity index (χ1) is 9.59. The Kier molecular flexibility index (Phi) is 4.19. The van der Waals surface area contributed by atoms with E-state index in [1.807, 2.05) is 0 Å². The van der Waals surface area contributed by atoms with Gasteiger partial charge in [0.2, 0.25) is 0 Å². The van der Waals surface area contributed by atoms with E-state index in [0.29, 0.717) is 19.0 Å². The SMILES string of the molecule is COc1cnccc1C(=O)NC1(C(=O)O)CCOCC1. The van der Waals surface area contributed by atoms with Gasteiger partial charge in [0.25, 0.3) is 5.91 Å². The van der Waals surface area contributed by atoms with Gasteiger partial charge in [-0.25, -0.2) is 4.79 Å². The number of hydrogen-bond donors (Lipinski definition) is 2. The van der Waals surface area contributed by atoms with Crippen LogP contribution in [0.25, 0.3) is 0 Å². The third-order valence-corrected chi connectivity index (χ3v) is 3.36. The van der Waals surface area contributed by atoms with Crippen LogP contribution in [0.2, 0.25) is 0 Å². The lowest BCUT2D eigenvalue weighted by Gasteiger charge is -2.33. The van der Waals surface area contributed by atoms with Crippen LogP contribution in [0.15, 0.2) is 18.5 Å². The second-order valence-electron chi connectivity index (χ2n) is 4.53. The summed E-state index contributed by atoms with van der Waals surface area (Å²) in [5.41, 5.74) is -1.03. The molecule has 0 radical (unpaired) electrons. The van der Waals surface area contributed by atoms with E-state index >= 15 is 0 Å². The summed E-state index contributed by atoms with van der Waals surface area (Å²) in [7, 11) is 1.43. The number of pyridine rings is 1. The fraction of sp³-hybridized carbons (Fsp3) is 0.462. The summed E-state index contributed by atoms with van der Waals surface area (Å²) in [5.74, 6) is -1.24. The van der Waals surface area contributed by atoms with Gasteiger partial charge in [0.15, 0.2) is 0 Å². The van der Waals surface area contributed by atoms with Crippen molar-refractivity contribution in [3.63, 3.8) is 0 Å². The Hall–Kier alpha value is -2.15. The number of nitrogens with one attached hydrogen (secondary N) is 1. The fourth-order valence-electron chi connectivity index (χ4n) is 2.13. The molecule has 7 heteroatoms. The van der Waals surface area contributed by atoms with Crippen molar-refractivity contribution < 1.29 is 24.2 Å². The van der Waals surface area contributed by atoms with Crippen molar-refractivity contribution in [3.05, 3.63) is 24.0 Å². The highest BCUT2D eigenvalue weighted by molar-refractivity contribution is 5.99. The summed E-state index contributed by atoms with van der Waals surface area (Å²) in [5, 5.41) is 12.0. The maximum Gasteiger partial charge on any atom is 0.329 e. The Morgan fingerprint density at radius 3 is 2.75 bits per heavy atom. The lowest BCUT2D eigenvalue weighted by Crippen LogP contribution is -2.57. The van der Waals surface area contributed by atoms with Crippen molar-refractivity contribution in [3.8, 4) is 5.75 Å². The zero-order chi connectivity index (χ0) is 14.6. The molecule has 1 fully saturated rings. The number of carboxylic acid groups (broad SMARTS) is 1. The molecule has 0 bridgehead atoms. The van der Waals surface area contributed by atoms with Crippen molar-refractivity contribution in [2.45, 2.75) is 18.4 Å². The van der Waals surface area contributed by atoms with Gasteiger partial charge in [0.1, 0.15) is 11.3 Å². The summed E-state index contributed by atoms with van der Waals surface area (Å²) in [6.45, 7) is 0.611. The van der Waals surface area contributed by atoms with Crippen molar-refractivity contribution in [1.82, 2.24) is 10.3 Å². The molecule has 2 rings (SSSR count). The topological polar surface area (TPSA) is 97.8 Å². The zero-order valence-electron chi connectivity index (χ0n) is 11.1. The number of carbonyl (C=O) groups is 2. The zero-order valence-corrected chi connectivity index (χ0v) is 11.1. The monoisotopic (exact) mass is 280 g/mol. The normalized spacial score (nSPS) is 17.2. The molecule has 1 amide bonds. The molecule has 0 saturated carbocycles. The number of ether oxygens (including phenoxy) is 2. The van der Waals surface area contributed by atoms with Crippen molar-refractivity contribution in [1.29, 1.82) is 0 Å². The number of rotatable bonds is 4. The third-order valence-electron chi connectivity index (χ3n) is 3.36. The molecule has 0 unspecified atom stereocenters. The maximum atomic E-state index is 12.3. The standard InChI is InChI=1S/C13H16N2O5/c1-19-10-8-14-5-2-9(10)11(16)15-13(12(17)18)3-6-20-7-4-13/h2,5,8H,3-4,6-7H2,1H3,(H,15,16)(H,17,18). The minimum absolute atomic E-state index is 0.238. The molecular weight excluding hydrogens is 264 g/mol. The molecule has 0 aromatic carbocycles. The Bertz CT molecular complexity index is 511. The fourth-order valence-corrected chi connectivity index (χ4v) is 2.13. The molecule has 0 atom stereocenters. The van der Waals surface area contributed by atoms with Crippen molar-refractivity contribution >= 4 is 11.9 Å². The maximum absolute atomic E-state index is 12.3. The average Bonchev–Trinajstić information content (AvgIpc) is 2.48. The van der Waals surface area contributed by atoms with E-state index in [0.717, 1.165) is 0 Å². The summed E-state index contributed by atoms with van der Waals surface area (Å²) < 4.78 is 10.2. The number of nitrogens with zero attached hydrogens (tertiary/aromatic N) is 1. The van der Waals surface area contributed by atoms with Gasteiger partial charge in [-0.15, -0.1) is 0 Å². The van der Waals surface area contributed by atoms with E-state index < -0.39 is 17.4 Å². The lowest BCUT2D eigenvalue weighted by molar-refractivity contribution is -0.148. The van der Waals surface area contributed by atoms with Gasteiger partial charge < -0.3 is 19.9 Å². The molecule has 2 N–H and O–H groups in total. The number of amides is 1. The van der Waals surface area contributed by atoms with Crippen LogP contribution in [0, 0.1) is 0 Å². The molecule has 2 heterocycles. The van der Waals surface area contributed by atoms with E-state index in [2.05, 4.69) is 10.3 Å². The predicted molar refractivity (Wildman–Crippen MR) is 68.7 cm³/mol. The van der Waals surface area contributed by atoms with Crippen LogP contribution >= 0.6 is 0 Å². The third kappa shape index (κ3) is 2.72. The van der Waals surface area contributed by atoms with Crippen molar-refractivity contribution in [2.75, 3.05) is 20.3 Å². The number of methoxy groups -OCH3 is 1. The second-order valence-corrected chi connectivity index (χ2v) is 4.53. The van der Waals surface area contributed by atoms with Crippen LogP contribution in [0.3, 0.4) is 0 Å². The molecule has 1 aliphatic heterocycles. The van der Waals surface area contributed by atoms with Gasteiger partial charge >= 0.3 is 5.97 Å². The Morgan fingerprint density at radius 2 is 2.15 bits per heavy atom. The first-order valence-corrected chi connectivity index (χ1v) is 6.21. The van der Waals surface area contributed by atoms with E-state index in [-0.39, 0.29) is 18.4 Å². The van der Waals surface area contributed by atoms with E-state index in [1.165, 1.54) is 25.6 Å². The molecule has 1 aromatic rings. The number of aliphatic carboxylic acids is 1. The minimum atomic E-state index is -1.29. The molecule has 0 spiro atoms. The lowest BCUT2D eigenvalue weighted by atomic mass is 9.89. The van der Waals surface area contributed by atoms with Crippen LogP contribution < -0.4 is 10.1 Å². The van der Waals surface area contributed by atoms with Gasteiger partial charge in [-0.3, -0.25) is 9.78 Å². The molecule has 1 aliphatic rings. The smallest absolute Gasteiger partial charge is 0.329 e. The van der Waals surface area contributed by atoms with Crippen LogP contribution in [-0.2, 0) is 9.53 Å². The largest absolute Gasteiger partial charge is 0.494 e. The predicted octanol–water partition coefficient (Wildman–Crippen LogP) is 0.454. The Labute approximate surface area is 115 Å².